The van der Waals surface area contributed by atoms with E-state index < -0.39 is 12.1 Å². The number of aromatic nitrogens is 3. The molecule has 1 aromatic carbocycles. The third-order valence-corrected chi connectivity index (χ3v) is 3.91. The van der Waals surface area contributed by atoms with Crippen LogP contribution in [-0.2, 0) is 20.7 Å². The average Bonchev–Trinajstić information content (AvgIpc) is 3.09. The van der Waals surface area contributed by atoms with Crippen LogP contribution in [0.15, 0.2) is 36.7 Å². The minimum Gasteiger partial charge on any atom is -0.479 e. The van der Waals surface area contributed by atoms with E-state index >= 15 is 0 Å². The fraction of sp³-hybridized carbons (Fsp3) is 0.375. The second-order valence-corrected chi connectivity index (χ2v) is 5.49. The Morgan fingerprint density at radius 1 is 1.29 bits per heavy atom. The van der Waals surface area contributed by atoms with Crippen molar-refractivity contribution in [3.63, 3.8) is 0 Å². The molecule has 2 aromatic rings. The van der Waals surface area contributed by atoms with E-state index in [1.54, 1.807) is 6.33 Å². The number of carboxylic acid groups (broad SMARTS) is 1. The molecule has 8 nitrogen and oxygen atoms in total. The number of carbonyl (C=O) groups is 2. The standard InChI is InChI=1S/C16H18N4O4/c21-15(19-8-9-24-13(10-19)16(22)23)7-6-14-18-17-11-20(14)12-4-2-1-3-5-12/h1-5,11,13H,6-10H2,(H,22,23)/t13-/m1/s1. The van der Waals surface area contributed by atoms with Gasteiger partial charge in [-0.25, -0.2) is 4.79 Å². The van der Waals surface area contributed by atoms with Crippen LogP contribution in [0, 0.1) is 0 Å². The Balaban J connectivity index is 1.61. The van der Waals surface area contributed by atoms with Gasteiger partial charge in [-0.3, -0.25) is 9.36 Å². The maximum Gasteiger partial charge on any atom is 0.334 e. The zero-order chi connectivity index (χ0) is 16.9. The molecule has 0 saturated carbocycles. The van der Waals surface area contributed by atoms with Crippen molar-refractivity contribution in [1.82, 2.24) is 19.7 Å². The summed E-state index contributed by atoms with van der Waals surface area (Å²) in [6.07, 6.45) is 1.35. The first-order valence-electron chi connectivity index (χ1n) is 7.71. The zero-order valence-electron chi connectivity index (χ0n) is 13.0. The third-order valence-electron chi connectivity index (χ3n) is 3.91. The number of aryl methyl sites for hydroxylation is 1. The molecule has 1 aromatic heterocycles. The summed E-state index contributed by atoms with van der Waals surface area (Å²) in [5.41, 5.74) is 0.933. The summed E-state index contributed by atoms with van der Waals surface area (Å²) in [5, 5.41) is 17.0. The smallest absolute Gasteiger partial charge is 0.334 e. The van der Waals surface area contributed by atoms with Gasteiger partial charge in [0.25, 0.3) is 0 Å². The van der Waals surface area contributed by atoms with Crippen molar-refractivity contribution in [3.05, 3.63) is 42.5 Å². The van der Waals surface area contributed by atoms with Crippen molar-refractivity contribution >= 4 is 11.9 Å². The Labute approximate surface area is 138 Å². The number of ether oxygens (including phenoxy) is 1. The first-order valence-corrected chi connectivity index (χ1v) is 7.71. The van der Waals surface area contributed by atoms with E-state index in [9.17, 15) is 9.59 Å². The van der Waals surface area contributed by atoms with E-state index in [-0.39, 0.29) is 25.5 Å². The van der Waals surface area contributed by atoms with Crippen molar-refractivity contribution in [3.8, 4) is 5.69 Å². The molecule has 8 heteroatoms. The number of rotatable bonds is 5. The Hall–Kier alpha value is -2.74. The molecule has 0 aliphatic carbocycles. The zero-order valence-corrected chi connectivity index (χ0v) is 13.0. The van der Waals surface area contributed by atoms with E-state index in [1.165, 1.54) is 4.90 Å². The number of hydrogen-bond donors (Lipinski definition) is 1. The highest BCUT2D eigenvalue weighted by Gasteiger charge is 2.28. The summed E-state index contributed by atoms with van der Waals surface area (Å²) in [6.45, 7) is 0.733. The molecular formula is C16H18N4O4. The van der Waals surface area contributed by atoms with Gasteiger partial charge in [-0.05, 0) is 12.1 Å². The summed E-state index contributed by atoms with van der Waals surface area (Å²) in [6, 6.07) is 9.64. The predicted molar refractivity (Wildman–Crippen MR) is 83.6 cm³/mol. The van der Waals surface area contributed by atoms with Gasteiger partial charge in [0.1, 0.15) is 12.2 Å². The van der Waals surface area contributed by atoms with Gasteiger partial charge in [-0.1, -0.05) is 18.2 Å². The maximum atomic E-state index is 12.3. The Kier molecular flexibility index (Phi) is 4.85. The molecule has 1 fully saturated rings. The van der Waals surface area contributed by atoms with Gasteiger partial charge < -0.3 is 14.7 Å². The van der Waals surface area contributed by atoms with E-state index in [2.05, 4.69) is 10.2 Å². The normalized spacial score (nSPS) is 17.7. The SMILES string of the molecule is O=C(O)[C@H]1CN(C(=O)CCc2nncn2-c2ccccc2)CCO1. The highest BCUT2D eigenvalue weighted by molar-refractivity contribution is 5.78. The molecule has 3 rings (SSSR count). The molecule has 1 aliphatic rings. The number of para-hydroxylation sites is 1. The number of amides is 1. The van der Waals surface area contributed by atoms with Gasteiger partial charge in [-0.2, -0.15) is 0 Å². The van der Waals surface area contributed by atoms with Crippen LogP contribution in [0.3, 0.4) is 0 Å². The van der Waals surface area contributed by atoms with Gasteiger partial charge in [0.15, 0.2) is 6.10 Å². The van der Waals surface area contributed by atoms with Crippen molar-refractivity contribution in [2.24, 2.45) is 0 Å². The minimum absolute atomic E-state index is 0.0829. The molecule has 1 aliphatic heterocycles. The Morgan fingerprint density at radius 3 is 2.83 bits per heavy atom. The van der Waals surface area contributed by atoms with Gasteiger partial charge >= 0.3 is 5.97 Å². The summed E-state index contributed by atoms with van der Waals surface area (Å²) < 4.78 is 6.97. The number of carbonyl (C=O) groups excluding carboxylic acids is 1. The van der Waals surface area contributed by atoms with Gasteiger partial charge in [0.2, 0.25) is 5.91 Å². The average molecular weight is 330 g/mol. The molecule has 0 radical (unpaired) electrons. The van der Waals surface area contributed by atoms with Crippen LogP contribution in [-0.4, -0.2) is 62.4 Å². The van der Waals surface area contributed by atoms with Crippen LogP contribution in [0.1, 0.15) is 12.2 Å². The van der Waals surface area contributed by atoms with Crippen LogP contribution in [0.25, 0.3) is 5.69 Å². The number of benzene rings is 1. The van der Waals surface area contributed by atoms with E-state index in [0.29, 0.717) is 18.8 Å². The largest absolute Gasteiger partial charge is 0.479 e. The topological polar surface area (TPSA) is 97.5 Å². The molecule has 126 valence electrons. The summed E-state index contributed by atoms with van der Waals surface area (Å²) >= 11 is 0. The lowest BCUT2D eigenvalue weighted by Crippen LogP contribution is -2.48. The van der Waals surface area contributed by atoms with Crippen LogP contribution in [0.5, 0.6) is 0 Å². The van der Waals surface area contributed by atoms with Gasteiger partial charge in [0, 0.05) is 25.1 Å². The van der Waals surface area contributed by atoms with E-state index in [4.69, 9.17) is 9.84 Å². The Bertz CT molecular complexity index is 716. The lowest BCUT2D eigenvalue weighted by Gasteiger charge is -2.30. The number of nitrogens with zero attached hydrogens (tertiary/aromatic N) is 4. The third kappa shape index (κ3) is 3.60. The molecule has 1 atom stereocenters. The predicted octanol–water partition coefficient (Wildman–Crippen LogP) is 0.512. The van der Waals surface area contributed by atoms with Gasteiger partial charge in [0.05, 0.1) is 13.2 Å². The van der Waals surface area contributed by atoms with E-state index in [1.807, 2.05) is 34.9 Å². The highest BCUT2D eigenvalue weighted by Crippen LogP contribution is 2.12. The molecule has 1 saturated heterocycles. The summed E-state index contributed by atoms with van der Waals surface area (Å²) in [7, 11) is 0. The minimum atomic E-state index is -1.05. The number of aliphatic carboxylic acids is 1. The van der Waals surface area contributed by atoms with Crippen molar-refractivity contribution < 1.29 is 19.4 Å². The fourth-order valence-electron chi connectivity index (χ4n) is 2.64. The van der Waals surface area contributed by atoms with Crippen molar-refractivity contribution in [2.75, 3.05) is 19.7 Å². The maximum absolute atomic E-state index is 12.3. The fourth-order valence-corrected chi connectivity index (χ4v) is 2.64. The van der Waals surface area contributed by atoms with Crippen LogP contribution < -0.4 is 0 Å². The van der Waals surface area contributed by atoms with Crippen LogP contribution >= 0.6 is 0 Å². The lowest BCUT2D eigenvalue weighted by molar-refractivity contribution is -0.159. The van der Waals surface area contributed by atoms with E-state index in [0.717, 1.165) is 5.69 Å². The molecule has 1 N–H and O–H groups in total. The summed E-state index contributed by atoms with van der Waals surface area (Å²) in [5.74, 6) is -0.457. The number of morpholine rings is 1. The molecule has 0 bridgehead atoms. The molecule has 2 heterocycles. The summed E-state index contributed by atoms with van der Waals surface area (Å²) in [4.78, 5) is 24.8. The monoisotopic (exact) mass is 330 g/mol. The van der Waals surface area contributed by atoms with Gasteiger partial charge in [-0.15, -0.1) is 10.2 Å². The first kappa shape index (κ1) is 16.1. The quantitative estimate of drug-likeness (QED) is 0.858. The molecule has 24 heavy (non-hydrogen) atoms. The molecule has 0 unspecified atom stereocenters. The number of carboxylic acids is 1. The van der Waals surface area contributed by atoms with Crippen LogP contribution in [0.2, 0.25) is 0 Å². The second-order valence-electron chi connectivity index (χ2n) is 5.49. The van der Waals surface area contributed by atoms with Crippen LogP contribution in [0.4, 0.5) is 0 Å². The molecule has 1 amide bonds. The number of hydrogen-bond acceptors (Lipinski definition) is 5. The van der Waals surface area contributed by atoms with Crippen molar-refractivity contribution in [2.45, 2.75) is 18.9 Å². The Morgan fingerprint density at radius 2 is 2.08 bits per heavy atom. The second kappa shape index (κ2) is 7.22. The lowest BCUT2D eigenvalue weighted by atomic mass is 10.2. The first-order chi connectivity index (χ1) is 11.6. The molecular weight excluding hydrogens is 312 g/mol. The molecule has 0 spiro atoms. The van der Waals surface area contributed by atoms with Crippen molar-refractivity contribution in [1.29, 1.82) is 0 Å². The highest BCUT2D eigenvalue weighted by atomic mass is 16.5.